The maximum Gasteiger partial charge on any atom is 0.220 e. The highest BCUT2D eigenvalue weighted by atomic mass is 16.1. The first-order valence-electron chi connectivity index (χ1n) is 8.50. The fourth-order valence-corrected chi connectivity index (χ4v) is 4.03. The molecule has 2 heteroatoms. The summed E-state index contributed by atoms with van der Waals surface area (Å²) in [6, 6.07) is 9.18. The number of carbonyl (C=O) groups excluding carboxylic acids is 1. The molecule has 2 fully saturated rings. The zero-order valence-electron chi connectivity index (χ0n) is 13.3. The van der Waals surface area contributed by atoms with Crippen LogP contribution in [0.25, 0.3) is 0 Å². The van der Waals surface area contributed by atoms with Crippen LogP contribution in [-0.2, 0) is 11.2 Å². The summed E-state index contributed by atoms with van der Waals surface area (Å²) in [5.74, 6) is 2.47. The molecule has 1 aromatic rings. The van der Waals surface area contributed by atoms with Gasteiger partial charge in [-0.2, -0.15) is 0 Å². The van der Waals surface area contributed by atoms with E-state index in [9.17, 15) is 4.79 Å². The predicted octanol–water partition coefficient (Wildman–Crippen LogP) is 4.05. The molecule has 1 N–H and O–H groups in total. The van der Waals surface area contributed by atoms with Gasteiger partial charge in [0.05, 0.1) is 0 Å². The zero-order chi connectivity index (χ0) is 14.8. The second-order valence-electron chi connectivity index (χ2n) is 7.25. The molecule has 21 heavy (non-hydrogen) atoms. The Hall–Kier alpha value is -1.31. The summed E-state index contributed by atoms with van der Waals surface area (Å²) in [7, 11) is 0. The van der Waals surface area contributed by atoms with Gasteiger partial charge in [0.1, 0.15) is 0 Å². The molecule has 114 valence electrons. The van der Waals surface area contributed by atoms with Crippen molar-refractivity contribution >= 4 is 5.91 Å². The Labute approximate surface area is 128 Å². The molecule has 2 nitrogen and oxygen atoms in total. The SMILES string of the molecule is CC(C)c1ccc(CCC(=O)N[C@@H]2C[C@@H]3CC[C@@H]2C3)cc1. The standard InChI is InChI=1S/C19H27NO/c1-13(2)16-7-3-14(4-8-16)6-10-19(21)20-18-12-15-5-9-17(18)11-15/h3-4,7-8,13,15,17-18H,5-6,9-12H2,1-2H3,(H,20,21)/t15-,17-,18-/m1/s1. The minimum absolute atomic E-state index is 0.237. The third kappa shape index (κ3) is 3.48. The molecule has 1 aromatic carbocycles. The van der Waals surface area contributed by atoms with Gasteiger partial charge in [0.2, 0.25) is 5.91 Å². The van der Waals surface area contributed by atoms with Gasteiger partial charge < -0.3 is 5.32 Å². The van der Waals surface area contributed by atoms with Gasteiger partial charge in [0.15, 0.2) is 0 Å². The Morgan fingerprint density at radius 1 is 1.19 bits per heavy atom. The first kappa shape index (κ1) is 14.6. The number of fused-ring (bicyclic) bond motifs is 2. The molecule has 0 spiro atoms. The Morgan fingerprint density at radius 2 is 1.95 bits per heavy atom. The second kappa shape index (κ2) is 6.21. The first-order valence-corrected chi connectivity index (χ1v) is 8.50. The second-order valence-corrected chi connectivity index (χ2v) is 7.25. The van der Waals surface area contributed by atoms with Gasteiger partial charge in [-0.25, -0.2) is 0 Å². The summed E-state index contributed by atoms with van der Waals surface area (Å²) in [6.45, 7) is 4.41. The molecule has 2 aliphatic rings. The van der Waals surface area contributed by atoms with Crippen LogP contribution >= 0.6 is 0 Å². The summed E-state index contributed by atoms with van der Waals surface area (Å²) < 4.78 is 0. The van der Waals surface area contributed by atoms with Crippen molar-refractivity contribution in [2.45, 2.75) is 64.3 Å². The smallest absolute Gasteiger partial charge is 0.220 e. The Morgan fingerprint density at radius 3 is 2.52 bits per heavy atom. The van der Waals surface area contributed by atoms with Crippen LogP contribution in [0.3, 0.4) is 0 Å². The van der Waals surface area contributed by atoms with Gasteiger partial charge in [-0.1, -0.05) is 44.5 Å². The van der Waals surface area contributed by atoms with Crippen LogP contribution in [0, 0.1) is 11.8 Å². The van der Waals surface area contributed by atoms with E-state index in [4.69, 9.17) is 0 Å². The van der Waals surface area contributed by atoms with Crippen molar-refractivity contribution in [3.05, 3.63) is 35.4 Å². The fraction of sp³-hybridized carbons (Fsp3) is 0.632. The van der Waals surface area contributed by atoms with Crippen LogP contribution in [0.15, 0.2) is 24.3 Å². The van der Waals surface area contributed by atoms with E-state index in [1.165, 1.54) is 36.8 Å². The number of rotatable bonds is 5. The molecule has 0 heterocycles. The van der Waals surface area contributed by atoms with E-state index in [0.29, 0.717) is 18.4 Å². The van der Waals surface area contributed by atoms with Gasteiger partial charge in [-0.05, 0) is 54.6 Å². The Balaban J connectivity index is 1.45. The van der Waals surface area contributed by atoms with Gasteiger partial charge in [0, 0.05) is 12.5 Å². The number of amides is 1. The normalized spacial score (nSPS) is 27.3. The van der Waals surface area contributed by atoms with Crippen LogP contribution in [0.4, 0.5) is 0 Å². The molecule has 3 rings (SSSR count). The maximum atomic E-state index is 12.1. The molecule has 2 aliphatic carbocycles. The average molecular weight is 285 g/mol. The van der Waals surface area contributed by atoms with Crippen LogP contribution < -0.4 is 5.32 Å². The maximum absolute atomic E-state index is 12.1. The predicted molar refractivity (Wildman–Crippen MR) is 86.2 cm³/mol. The van der Waals surface area contributed by atoms with Crippen molar-refractivity contribution in [1.82, 2.24) is 5.32 Å². The van der Waals surface area contributed by atoms with E-state index in [-0.39, 0.29) is 5.91 Å². The van der Waals surface area contributed by atoms with Crippen LogP contribution in [0.1, 0.15) is 63.0 Å². The average Bonchev–Trinajstić information content (AvgIpc) is 3.08. The third-order valence-corrected chi connectivity index (χ3v) is 5.37. The van der Waals surface area contributed by atoms with E-state index in [0.717, 1.165) is 18.3 Å². The quantitative estimate of drug-likeness (QED) is 0.869. The summed E-state index contributed by atoms with van der Waals surface area (Å²) in [5, 5.41) is 3.27. The largest absolute Gasteiger partial charge is 0.353 e. The molecule has 0 radical (unpaired) electrons. The van der Waals surface area contributed by atoms with E-state index in [1.807, 2.05) is 0 Å². The zero-order valence-corrected chi connectivity index (χ0v) is 13.3. The highest BCUT2D eigenvalue weighted by Crippen LogP contribution is 2.44. The Kier molecular flexibility index (Phi) is 4.32. The number of carbonyl (C=O) groups is 1. The number of aryl methyl sites for hydroxylation is 1. The van der Waals surface area contributed by atoms with Crippen molar-refractivity contribution in [3.63, 3.8) is 0 Å². The van der Waals surface area contributed by atoms with Crippen molar-refractivity contribution in [2.24, 2.45) is 11.8 Å². The van der Waals surface area contributed by atoms with Gasteiger partial charge >= 0.3 is 0 Å². The molecule has 0 aromatic heterocycles. The lowest BCUT2D eigenvalue weighted by Gasteiger charge is -2.22. The van der Waals surface area contributed by atoms with Crippen LogP contribution in [-0.4, -0.2) is 11.9 Å². The van der Waals surface area contributed by atoms with Crippen molar-refractivity contribution in [3.8, 4) is 0 Å². The number of hydrogen-bond acceptors (Lipinski definition) is 1. The minimum atomic E-state index is 0.237. The lowest BCUT2D eigenvalue weighted by molar-refractivity contribution is -0.122. The molecular formula is C19H27NO. The lowest BCUT2D eigenvalue weighted by atomic mass is 9.95. The third-order valence-electron chi connectivity index (χ3n) is 5.37. The van der Waals surface area contributed by atoms with Crippen molar-refractivity contribution in [2.75, 3.05) is 0 Å². The van der Waals surface area contributed by atoms with E-state index in [1.54, 1.807) is 0 Å². The summed E-state index contributed by atoms with van der Waals surface area (Å²) in [6.07, 6.45) is 6.76. The molecule has 0 unspecified atom stereocenters. The summed E-state index contributed by atoms with van der Waals surface area (Å²) in [5.41, 5.74) is 2.63. The highest BCUT2D eigenvalue weighted by molar-refractivity contribution is 5.76. The Bertz CT molecular complexity index is 491. The van der Waals surface area contributed by atoms with E-state index in [2.05, 4.69) is 43.4 Å². The molecule has 3 atom stereocenters. The molecule has 0 aliphatic heterocycles. The van der Waals surface area contributed by atoms with E-state index >= 15 is 0 Å². The van der Waals surface area contributed by atoms with Crippen molar-refractivity contribution in [1.29, 1.82) is 0 Å². The van der Waals surface area contributed by atoms with Crippen LogP contribution in [0.5, 0.6) is 0 Å². The minimum Gasteiger partial charge on any atom is -0.353 e. The molecule has 1 amide bonds. The number of nitrogens with one attached hydrogen (secondary N) is 1. The molecule has 0 saturated heterocycles. The van der Waals surface area contributed by atoms with Gasteiger partial charge in [0.25, 0.3) is 0 Å². The van der Waals surface area contributed by atoms with Gasteiger partial charge in [-0.15, -0.1) is 0 Å². The van der Waals surface area contributed by atoms with Gasteiger partial charge in [-0.3, -0.25) is 4.79 Å². The lowest BCUT2D eigenvalue weighted by Crippen LogP contribution is -2.38. The molecule has 2 saturated carbocycles. The molecular weight excluding hydrogens is 258 g/mol. The topological polar surface area (TPSA) is 29.1 Å². The highest BCUT2D eigenvalue weighted by Gasteiger charge is 2.39. The summed E-state index contributed by atoms with van der Waals surface area (Å²) >= 11 is 0. The number of hydrogen-bond donors (Lipinski definition) is 1. The summed E-state index contributed by atoms with van der Waals surface area (Å²) in [4.78, 5) is 12.1. The van der Waals surface area contributed by atoms with Crippen LogP contribution in [0.2, 0.25) is 0 Å². The van der Waals surface area contributed by atoms with Crippen molar-refractivity contribution < 1.29 is 4.79 Å². The molecule has 2 bridgehead atoms. The monoisotopic (exact) mass is 285 g/mol. The van der Waals surface area contributed by atoms with E-state index < -0.39 is 0 Å². The fourth-order valence-electron chi connectivity index (χ4n) is 4.03. The number of benzene rings is 1. The first-order chi connectivity index (χ1) is 10.1.